The predicted molar refractivity (Wildman–Crippen MR) is 112 cm³/mol. The van der Waals surface area contributed by atoms with E-state index in [4.69, 9.17) is 9.47 Å². The summed E-state index contributed by atoms with van der Waals surface area (Å²) in [5.41, 5.74) is 3.10. The van der Waals surface area contributed by atoms with Gasteiger partial charge in [0, 0.05) is 25.0 Å². The first-order valence-electron chi connectivity index (χ1n) is 9.59. The van der Waals surface area contributed by atoms with Crippen LogP contribution in [0.15, 0.2) is 54.9 Å². The molecule has 1 N–H and O–H groups in total. The molecule has 0 saturated carbocycles. The van der Waals surface area contributed by atoms with Crippen molar-refractivity contribution in [1.29, 1.82) is 0 Å². The van der Waals surface area contributed by atoms with Crippen molar-refractivity contribution in [2.24, 2.45) is 7.05 Å². The van der Waals surface area contributed by atoms with Crippen molar-refractivity contribution in [3.05, 3.63) is 77.4 Å². The Hall–Kier alpha value is -3.28. The molecule has 0 aliphatic carbocycles. The molecule has 0 radical (unpaired) electrons. The molecule has 6 nitrogen and oxygen atoms in total. The lowest BCUT2D eigenvalue weighted by atomic mass is 10.0. The second-order valence-electron chi connectivity index (χ2n) is 7.01. The molecule has 0 bridgehead atoms. The lowest BCUT2D eigenvalue weighted by Gasteiger charge is -2.21. The van der Waals surface area contributed by atoms with Gasteiger partial charge >= 0.3 is 0 Å². The first kappa shape index (κ1) is 20.5. The van der Waals surface area contributed by atoms with Gasteiger partial charge in [0.25, 0.3) is 0 Å². The Morgan fingerprint density at radius 1 is 1.17 bits per heavy atom. The molecule has 3 rings (SSSR count). The van der Waals surface area contributed by atoms with Crippen LogP contribution in [0.25, 0.3) is 0 Å². The maximum Gasteiger partial charge on any atom is 0.224 e. The highest BCUT2D eigenvalue weighted by Gasteiger charge is 2.23. The Balaban J connectivity index is 1.71. The molecule has 152 valence electrons. The smallest absolute Gasteiger partial charge is 0.224 e. The minimum Gasteiger partial charge on any atom is -0.496 e. The maximum absolute atomic E-state index is 12.7. The van der Waals surface area contributed by atoms with Crippen LogP contribution in [0.3, 0.4) is 0 Å². The molecule has 0 aliphatic heterocycles. The van der Waals surface area contributed by atoms with Gasteiger partial charge in [0.1, 0.15) is 23.4 Å². The third kappa shape index (κ3) is 4.96. The molecular weight excluding hydrogens is 366 g/mol. The number of hydrogen-bond donors (Lipinski definition) is 1. The van der Waals surface area contributed by atoms with Crippen molar-refractivity contribution in [3.63, 3.8) is 0 Å². The Bertz CT molecular complexity index is 981. The quantitative estimate of drug-likeness (QED) is 0.633. The number of ether oxygens (including phenoxy) is 2. The van der Waals surface area contributed by atoms with E-state index in [0.29, 0.717) is 12.4 Å². The number of aryl methyl sites for hydroxylation is 3. The van der Waals surface area contributed by atoms with Crippen molar-refractivity contribution in [2.75, 3.05) is 13.7 Å². The average molecular weight is 393 g/mol. The zero-order valence-electron chi connectivity index (χ0n) is 17.3. The van der Waals surface area contributed by atoms with Gasteiger partial charge < -0.3 is 19.4 Å². The number of rotatable bonds is 8. The monoisotopic (exact) mass is 393 g/mol. The zero-order chi connectivity index (χ0) is 20.8. The molecule has 1 aromatic heterocycles. The third-order valence-corrected chi connectivity index (χ3v) is 4.79. The minimum atomic E-state index is -0.417. The Morgan fingerprint density at radius 2 is 1.97 bits per heavy atom. The van der Waals surface area contributed by atoms with Gasteiger partial charge in [-0.25, -0.2) is 4.98 Å². The number of benzene rings is 2. The second-order valence-corrected chi connectivity index (χ2v) is 7.01. The molecular formula is C23H27N3O3. The van der Waals surface area contributed by atoms with Crippen LogP contribution in [-0.4, -0.2) is 29.2 Å². The summed E-state index contributed by atoms with van der Waals surface area (Å²) in [5, 5.41) is 3.08. The van der Waals surface area contributed by atoms with Crippen LogP contribution < -0.4 is 14.8 Å². The van der Waals surface area contributed by atoms with Gasteiger partial charge in [-0.15, -0.1) is 0 Å². The summed E-state index contributed by atoms with van der Waals surface area (Å²) in [7, 11) is 3.52. The number of nitrogens with one attached hydrogen (secondary N) is 1. The van der Waals surface area contributed by atoms with E-state index in [0.717, 1.165) is 22.7 Å². The molecule has 2 aromatic carbocycles. The zero-order valence-corrected chi connectivity index (χ0v) is 17.3. The number of hydrogen-bond acceptors (Lipinski definition) is 4. The van der Waals surface area contributed by atoms with Crippen LogP contribution in [0.4, 0.5) is 0 Å². The largest absolute Gasteiger partial charge is 0.496 e. The van der Waals surface area contributed by atoms with Crippen molar-refractivity contribution >= 4 is 5.91 Å². The van der Waals surface area contributed by atoms with Crippen molar-refractivity contribution < 1.29 is 14.3 Å². The van der Waals surface area contributed by atoms with E-state index in [-0.39, 0.29) is 12.3 Å². The highest BCUT2D eigenvalue weighted by molar-refractivity contribution is 5.77. The number of methoxy groups -OCH3 is 1. The highest BCUT2D eigenvalue weighted by atomic mass is 16.5. The van der Waals surface area contributed by atoms with Gasteiger partial charge in [-0.2, -0.15) is 0 Å². The molecule has 1 amide bonds. The summed E-state index contributed by atoms with van der Waals surface area (Å²) < 4.78 is 13.2. The molecule has 0 aliphatic rings. The molecule has 0 saturated heterocycles. The molecule has 3 aromatic rings. The molecule has 0 spiro atoms. The molecule has 1 atom stereocenters. The SMILES string of the molecule is COc1ccccc1C(NC(=O)CCOc1ccc(C)cc1C)c1nccn1C. The summed E-state index contributed by atoms with van der Waals surface area (Å²) in [6.07, 6.45) is 3.81. The lowest BCUT2D eigenvalue weighted by Crippen LogP contribution is -2.32. The normalized spacial score (nSPS) is 11.7. The number of imidazole rings is 1. The number of carbonyl (C=O) groups is 1. The molecule has 0 fully saturated rings. The van der Waals surface area contributed by atoms with E-state index in [1.807, 2.05) is 68.1 Å². The topological polar surface area (TPSA) is 65.4 Å². The van der Waals surface area contributed by atoms with Crippen LogP contribution >= 0.6 is 0 Å². The maximum atomic E-state index is 12.7. The van der Waals surface area contributed by atoms with Crippen LogP contribution in [0.2, 0.25) is 0 Å². The van der Waals surface area contributed by atoms with Crippen LogP contribution in [-0.2, 0) is 11.8 Å². The highest BCUT2D eigenvalue weighted by Crippen LogP contribution is 2.29. The summed E-state index contributed by atoms with van der Waals surface area (Å²) in [6, 6.07) is 13.2. The molecule has 6 heteroatoms. The predicted octanol–water partition coefficient (Wildman–Crippen LogP) is 3.72. The standard InChI is InChI=1S/C23H27N3O3/c1-16-9-10-19(17(2)15-16)29-14-11-21(27)25-22(23-24-12-13-26(23)3)18-7-5-6-8-20(18)28-4/h5-10,12-13,15,22H,11,14H2,1-4H3,(H,25,27). The second kappa shape index (κ2) is 9.28. The van der Waals surface area contributed by atoms with Gasteiger partial charge in [0.2, 0.25) is 5.91 Å². The van der Waals surface area contributed by atoms with E-state index in [1.54, 1.807) is 13.3 Å². The first-order valence-corrected chi connectivity index (χ1v) is 9.59. The third-order valence-electron chi connectivity index (χ3n) is 4.79. The van der Waals surface area contributed by atoms with Gasteiger partial charge in [-0.1, -0.05) is 35.9 Å². The van der Waals surface area contributed by atoms with E-state index in [9.17, 15) is 4.79 Å². The Morgan fingerprint density at radius 3 is 2.66 bits per heavy atom. The lowest BCUT2D eigenvalue weighted by molar-refractivity contribution is -0.122. The van der Waals surface area contributed by atoms with Crippen LogP contribution in [0, 0.1) is 13.8 Å². The average Bonchev–Trinajstić information content (AvgIpc) is 3.13. The number of amides is 1. The van der Waals surface area contributed by atoms with Gasteiger partial charge in [-0.05, 0) is 31.5 Å². The summed E-state index contributed by atoms with van der Waals surface area (Å²) in [4.78, 5) is 17.1. The van der Waals surface area contributed by atoms with Crippen LogP contribution in [0.1, 0.15) is 35.0 Å². The summed E-state index contributed by atoms with van der Waals surface area (Å²) >= 11 is 0. The van der Waals surface area contributed by atoms with Crippen LogP contribution in [0.5, 0.6) is 11.5 Å². The molecule has 29 heavy (non-hydrogen) atoms. The van der Waals surface area contributed by atoms with Crippen molar-refractivity contribution in [1.82, 2.24) is 14.9 Å². The van der Waals surface area contributed by atoms with E-state index < -0.39 is 6.04 Å². The molecule has 1 heterocycles. The Kier molecular flexibility index (Phi) is 6.54. The van der Waals surface area contributed by atoms with Gasteiger partial charge in [0.15, 0.2) is 0 Å². The van der Waals surface area contributed by atoms with Crippen molar-refractivity contribution in [3.8, 4) is 11.5 Å². The number of nitrogens with zero attached hydrogens (tertiary/aromatic N) is 2. The van der Waals surface area contributed by atoms with E-state index in [1.165, 1.54) is 5.56 Å². The van der Waals surface area contributed by atoms with Gasteiger partial charge in [-0.3, -0.25) is 4.79 Å². The fourth-order valence-corrected chi connectivity index (χ4v) is 3.29. The fourth-order valence-electron chi connectivity index (χ4n) is 3.29. The minimum absolute atomic E-state index is 0.117. The summed E-state index contributed by atoms with van der Waals surface area (Å²) in [6.45, 7) is 4.34. The number of carbonyl (C=O) groups excluding carboxylic acids is 1. The summed E-state index contributed by atoms with van der Waals surface area (Å²) in [5.74, 6) is 2.12. The fraction of sp³-hybridized carbons (Fsp3) is 0.304. The Labute approximate surface area is 171 Å². The van der Waals surface area contributed by atoms with E-state index in [2.05, 4.69) is 16.4 Å². The molecule has 1 unspecified atom stereocenters. The van der Waals surface area contributed by atoms with Crippen molar-refractivity contribution in [2.45, 2.75) is 26.3 Å². The van der Waals surface area contributed by atoms with Gasteiger partial charge in [0.05, 0.1) is 20.1 Å². The first-order chi connectivity index (χ1) is 14.0. The number of aromatic nitrogens is 2. The van der Waals surface area contributed by atoms with E-state index >= 15 is 0 Å². The number of para-hydroxylation sites is 1.